The van der Waals surface area contributed by atoms with E-state index < -0.39 is 5.91 Å². The molecule has 36 heavy (non-hydrogen) atoms. The Balaban J connectivity index is 1.46. The van der Waals surface area contributed by atoms with Crippen LogP contribution < -0.4 is 15.0 Å². The van der Waals surface area contributed by atoms with Crippen molar-refractivity contribution in [3.63, 3.8) is 0 Å². The van der Waals surface area contributed by atoms with Gasteiger partial charge < -0.3 is 10.1 Å². The van der Waals surface area contributed by atoms with Gasteiger partial charge in [0, 0.05) is 10.6 Å². The van der Waals surface area contributed by atoms with Gasteiger partial charge in [0.15, 0.2) is 0 Å². The summed E-state index contributed by atoms with van der Waals surface area (Å²) in [6.07, 6.45) is 0. The first-order valence-corrected chi connectivity index (χ1v) is 12.3. The third-order valence-electron chi connectivity index (χ3n) is 5.57. The molecule has 4 aromatic rings. The van der Waals surface area contributed by atoms with E-state index in [1.807, 2.05) is 86.6 Å². The Bertz CT molecular complexity index is 1430. The first-order chi connectivity index (χ1) is 17.5. The van der Waals surface area contributed by atoms with Crippen molar-refractivity contribution < 1.29 is 14.3 Å². The van der Waals surface area contributed by atoms with Gasteiger partial charge in [-0.1, -0.05) is 54.2 Å². The molecule has 0 unspecified atom stereocenters. The minimum absolute atomic E-state index is 0.267. The fourth-order valence-electron chi connectivity index (χ4n) is 4.03. The predicted octanol–water partition coefficient (Wildman–Crippen LogP) is 7.08. The molecule has 6 heteroatoms. The second kappa shape index (κ2) is 10.1. The number of carbonyl (C=O) groups is 2. The van der Waals surface area contributed by atoms with Gasteiger partial charge in [-0.15, -0.1) is 0 Å². The average molecular weight is 493 g/mol. The number of aryl methyl sites for hydroxylation is 2. The number of benzene rings is 4. The number of hydrogen-bond acceptors (Lipinski definition) is 5. The Hall–Kier alpha value is -4.29. The Morgan fingerprint density at radius 2 is 1.28 bits per heavy atom. The van der Waals surface area contributed by atoms with Crippen molar-refractivity contribution in [2.45, 2.75) is 18.7 Å². The number of para-hydroxylation sites is 1. The van der Waals surface area contributed by atoms with Crippen LogP contribution in [0, 0.1) is 13.8 Å². The minimum Gasteiger partial charge on any atom is -0.457 e. The van der Waals surface area contributed by atoms with Gasteiger partial charge in [-0.05, 0) is 85.6 Å². The van der Waals surface area contributed by atoms with Gasteiger partial charge in [0.25, 0.3) is 11.8 Å². The molecule has 5 rings (SSSR count). The number of rotatable bonds is 7. The number of amides is 2. The Morgan fingerprint density at radius 3 is 1.92 bits per heavy atom. The molecule has 0 radical (unpaired) electrons. The average Bonchev–Trinajstić information content (AvgIpc) is 3.09. The van der Waals surface area contributed by atoms with Gasteiger partial charge in [-0.2, -0.15) is 0 Å². The summed E-state index contributed by atoms with van der Waals surface area (Å²) in [6.45, 7) is 4.00. The maximum Gasteiger partial charge on any atom is 0.283 e. The number of hydrogen-bond donors (Lipinski definition) is 1. The second-order valence-corrected chi connectivity index (χ2v) is 9.56. The van der Waals surface area contributed by atoms with Crippen molar-refractivity contribution in [3.8, 4) is 11.5 Å². The summed E-state index contributed by atoms with van der Waals surface area (Å²) in [5, 5.41) is 3.24. The zero-order valence-corrected chi connectivity index (χ0v) is 20.7. The van der Waals surface area contributed by atoms with Crippen molar-refractivity contribution in [1.29, 1.82) is 0 Å². The maximum absolute atomic E-state index is 13.6. The molecule has 1 aliphatic heterocycles. The van der Waals surface area contributed by atoms with Gasteiger partial charge in [-0.25, -0.2) is 4.90 Å². The molecule has 5 nitrogen and oxygen atoms in total. The van der Waals surface area contributed by atoms with E-state index >= 15 is 0 Å². The number of imide groups is 1. The normalized spacial score (nSPS) is 13.3. The van der Waals surface area contributed by atoms with Crippen LogP contribution in [0.4, 0.5) is 11.4 Å². The van der Waals surface area contributed by atoms with Crippen LogP contribution >= 0.6 is 11.8 Å². The molecule has 0 aromatic heterocycles. The standard InChI is InChI=1S/C30H24N2O3S/c1-20-17-21(2)19-22(18-20)31-27-28(36-26-11-7-4-8-12-26)30(34)32(29(27)33)23-13-15-25(16-14-23)35-24-9-5-3-6-10-24/h3-19,31H,1-2H3. The Labute approximate surface area is 214 Å². The van der Waals surface area contributed by atoms with Crippen LogP contribution in [0.2, 0.25) is 0 Å². The molecule has 0 aliphatic carbocycles. The highest BCUT2D eigenvalue weighted by atomic mass is 32.2. The molecule has 1 heterocycles. The summed E-state index contributed by atoms with van der Waals surface area (Å²) in [7, 11) is 0. The predicted molar refractivity (Wildman–Crippen MR) is 144 cm³/mol. The minimum atomic E-state index is -0.394. The van der Waals surface area contributed by atoms with Gasteiger partial charge in [0.2, 0.25) is 0 Å². The maximum atomic E-state index is 13.6. The van der Waals surface area contributed by atoms with E-state index in [0.717, 1.165) is 21.7 Å². The van der Waals surface area contributed by atoms with E-state index in [1.54, 1.807) is 24.3 Å². The molecule has 1 N–H and O–H groups in total. The highest BCUT2D eigenvalue weighted by Crippen LogP contribution is 2.38. The topological polar surface area (TPSA) is 58.6 Å². The first-order valence-electron chi connectivity index (χ1n) is 11.5. The zero-order chi connectivity index (χ0) is 25.1. The molecule has 4 aromatic carbocycles. The largest absolute Gasteiger partial charge is 0.457 e. The molecule has 2 amide bonds. The monoisotopic (exact) mass is 492 g/mol. The third kappa shape index (κ3) is 5.04. The van der Waals surface area contributed by atoms with Crippen LogP contribution in [0.5, 0.6) is 11.5 Å². The van der Waals surface area contributed by atoms with Gasteiger partial charge >= 0.3 is 0 Å². The van der Waals surface area contributed by atoms with Crippen molar-refractivity contribution >= 4 is 35.0 Å². The van der Waals surface area contributed by atoms with E-state index in [1.165, 1.54) is 16.7 Å². The SMILES string of the molecule is Cc1cc(C)cc(NC2=C(Sc3ccccc3)C(=O)N(c3ccc(Oc4ccccc4)cc3)C2=O)c1. The molecule has 0 bridgehead atoms. The van der Waals surface area contributed by atoms with Gasteiger partial charge in [0.05, 0.1) is 5.69 Å². The van der Waals surface area contributed by atoms with Crippen LogP contribution in [0.1, 0.15) is 11.1 Å². The van der Waals surface area contributed by atoms with Crippen LogP contribution in [-0.4, -0.2) is 11.8 Å². The van der Waals surface area contributed by atoms with E-state index in [-0.39, 0.29) is 11.6 Å². The lowest BCUT2D eigenvalue weighted by atomic mass is 10.1. The molecule has 0 saturated heterocycles. The smallest absolute Gasteiger partial charge is 0.283 e. The lowest BCUT2D eigenvalue weighted by Crippen LogP contribution is -2.32. The highest BCUT2D eigenvalue weighted by molar-refractivity contribution is 8.04. The Morgan fingerprint density at radius 1 is 0.694 bits per heavy atom. The lowest BCUT2D eigenvalue weighted by Gasteiger charge is -2.16. The molecule has 178 valence electrons. The quantitative estimate of drug-likeness (QED) is 0.279. The number of ether oxygens (including phenoxy) is 1. The van der Waals surface area contributed by atoms with Crippen molar-refractivity contribution in [3.05, 3.63) is 125 Å². The molecular formula is C30H24N2O3S. The molecular weight excluding hydrogens is 468 g/mol. The van der Waals surface area contributed by atoms with Gasteiger partial charge in [-0.3, -0.25) is 9.59 Å². The number of carbonyl (C=O) groups excluding carboxylic acids is 2. The molecule has 0 atom stereocenters. The number of thioether (sulfide) groups is 1. The second-order valence-electron chi connectivity index (χ2n) is 8.48. The van der Waals surface area contributed by atoms with Crippen LogP contribution in [0.25, 0.3) is 0 Å². The van der Waals surface area contributed by atoms with Crippen molar-refractivity contribution in [2.75, 3.05) is 10.2 Å². The lowest BCUT2D eigenvalue weighted by molar-refractivity contribution is -0.120. The van der Waals surface area contributed by atoms with E-state index in [0.29, 0.717) is 22.1 Å². The van der Waals surface area contributed by atoms with E-state index in [9.17, 15) is 9.59 Å². The zero-order valence-electron chi connectivity index (χ0n) is 19.9. The fourth-order valence-corrected chi connectivity index (χ4v) is 4.98. The van der Waals surface area contributed by atoms with Crippen LogP contribution in [0.3, 0.4) is 0 Å². The van der Waals surface area contributed by atoms with E-state index in [2.05, 4.69) is 11.4 Å². The molecule has 1 aliphatic rings. The van der Waals surface area contributed by atoms with Crippen LogP contribution in [0.15, 0.2) is 119 Å². The van der Waals surface area contributed by atoms with Crippen LogP contribution in [-0.2, 0) is 9.59 Å². The van der Waals surface area contributed by atoms with E-state index in [4.69, 9.17) is 4.74 Å². The molecule has 0 saturated carbocycles. The van der Waals surface area contributed by atoms with Crippen molar-refractivity contribution in [1.82, 2.24) is 0 Å². The molecule has 0 spiro atoms. The number of nitrogens with zero attached hydrogens (tertiary/aromatic N) is 1. The third-order valence-corrected chi connectivity index (χ3v) is 6.66. The van der Waals surface area contributed by atoms with Gasteiger partial charge in [0.1, 0.15) is 22.1 Å². The summed E-state index contributed by atoms with van der Waals surface area (Å²) < 4.78 is 5.86. The fraction of sp³-hybridized carbons (Fsp3) is 0.0667. The highest BCUT2D eigenvalue weighted by Gasteiger charge is 2.40. The summed E-state index contributed by atoms with van der Waals surface area (Å²) in [6, 6.07) is 31.9. The summed E-state index contributed by atoms with van der Waals surface area (Å²) in [5.41, 5.74) is 3.65. The summed E-state index contributed by atoms with van der Waals surface area (Å²) in [4.78, 5) is 29.6. The Kier molecular flexibility index (Phi) is 6.60. The number of nitrogens with one attached hydrogen (secondary N) is 1. The number of anilines is 2. The summed E-state index contributed by atoms with van der Waals surface area (Å²) >= 11 is 1.28. The first kappa shape index (κ1) is 23.5. The van der Waals surface area contributed by atoms with Crippen molar-refractivity contribution in [2.24, 2.45) is 0 Å². The summed E-state index contributed by atoms with van der Waals surface area (Å²) in [5.74, 6) is 0.568. The molecule has 0 fully saturated rings.